The van der Waals surface area contributed by atoms with Gasteiger partial charge in [-0.15, -0.1) is 0 Å². The first-order chi connectivity index (χ1) is 8.75. The fourth-order valence-corrected chi connectivity index (χ4v) is 2.89. The van der Waals surface area contributed by atoms with Crippen LogP contribution in [0.25, 0.3) is 5.65 Å². The molecule has 1 saturated carbocycles. The summed E-state index contributed by atoms with van der Waals surface area (Å²) in [6, 6.07) is 6.11. The Hall–Kier alpha value is -1.35. The molecule has 0 atom stereocenters. The van der Waals surface area contributed by atoms with E-state index in [2.05, 4.69) is 27.8 Å². The highest BCUT2D eigenvalue weighted by Crippen LogP contribution is 2.27. The van der Waals surface area contributed by atoms with E-state index in [1.165, 1.54) is 32.1 Å². The van der Waals surface area contributed by atoms with E-state index in [0.29, 0.717) is 5.54 Å². The monoisotopic (exact) mass is 243 g/mol. The summed E-state index contributed by atoms with van der Waals surface area (Å²) in [6.07, 6.45) is 10.9. The number of fused-ring (bicyclic) bond motifs is 1. The molecule has 2 heterocycles. The first-order valence-electron chi connectivity index (χ1n) is 6.93. The summed E-state index contributed by atoms with van der Waals surface area (Å²) < 4.78 is 2.08. The Labute approximate surface area is 108 Å². The molecule has 0 aromatic carbocycles. The lowest BCUT2D eigenvalue weighted by atomic mass is 9.83. The van der Waals surface area contributed by atoms with Gasteiger partial charge in [-0.25, -0.2) is 4.98 Å². The fourth-order valence-electron chi connectivity index (χ4n) is 2.89. The molecule has 0 spiro atoms. The first-order valence-corrected chi connectivity index (χ1v) is 6.93. The van der Waals surface area contributed by atoms with E-state index in [4.69, 9.17) is 0 Å². The molecule has 96 valence electrons. The largest absolute Gasteiger partial charge is 0.307 e. The number of pyridine rings is 1. The van der Waals surface area contributed by atoms with Crippen LogP contribution in [-0.2, 0) is 6.54 Å². The molecule has 1 N–H and O–H groups in total. The average molecular weight is 243 g/mol. The van der Waals surface area contributed by atoms with E-state index in [1.54, 1.807) is 0 Å². The van der Waals surface area contributed by atoms with Crippen molar-refractivity contribution in [3.63, 3.8) is 0 Å². The predicted molar refractivity (Wildman–Crippen MR) is 73.5 cm³/mol. The van der Waals surface area contributed by atoms with Crippen molar-refractivity contribution in [1.82, 2.24) is 14.7 Å². The summed E-state index contributed by atoms with van der Waals surface area (Å²) in [6.45, 7) is 3.22. The van der Waals surface area contributed by atoms with E-state index in [9.17, 15) is 0 Å². The van der Waals surface area contributed by atoms with Gasteiger partial charge in [0, 0.05) is 24.5 Å². The number of rotatable bonds is 3. The van der Waals surface area contributed by atoms with E-state index in [1.807, 2.05) is 24.4 Å². The Morgan fingerprint density at radius 3 is 2.89 bits per heavy atom. The minimum atomic E-state index is 0.314. The van der Waals surface area contributed by atoms with Crippen molar-refractivity contribution < 1.29 is 0 Å². The molecule has 0 unspecified atom stereocenters. The predicted octanol–water partition coefficient (Wildman–Crippen LogP) is 3.15. The lowest BCUT2D eigenvalue weighted by Gasteiger charge is -2.34. The number of aromatic nitrogens is 2. The zero-order valence-electron chi connectivity index (χ0n) is 11.0. The maximum absolute atomic E-state index is 4.63. The quantitative estimate of drug-likeness (QED) is 0.897. The molecule has 1 aliphatic rings. The average Bonchev–Trinajstić information content (AvgIpc) is 2.80. The summed E-state index contributed by atoms with van der Waals surface area (Å²) in [5, 5.41) is 3.70. The summed E-state index contributed by atoms with van der Waals surface area (Å²) >= 11 is 0. The Morgan fingerprint density at radius 1 is 1.28 bits per heavy atom. The lowest BCUT2D eigenvalue weighted by molar-refractivity contribution is 0.251. The third-order valence-corrected chi connectivity index (χ3v) is 4.07. The van der Waals surface area contributed by atoms with Crippen molar-refractivity contribution in [1.29, 1.82) is 0 Å². The molecular weight excluding hydrogens is 222 g/mol. The molecule has 3 rings (SSSR count). The van der Waals surface area contributed by atoms with Crippen LogP contribution in [0.2, 0.25) is 0 Å². The minimum Gasteiger partial charge on any atom is -0.307 e. The molecule has 3 heteroatoms. The molecule has 0 saturated heterocycles. The van der Waals surface area contributed by atoms with Crippen LogP contribution in [0.15, 0.2) is 30.6 Å². The summed E-state index contributed by atoms with van der Waals surface area (Å²) in [4.78, 5) is 4.63. The highest BCUT2D eigenvalue weighted by Gasteiger charge is 2.25. The van der Waals surface area contributed by atoms with Crippen LogP contribution in [0.3, 0.4) is 0 Å². The molecule has 0 aliphatic heterocycles. The third-order valence-electron chi connectivity index (χ3n) is 4.07. The Balaban J connectivity index is 1.69. The maximum atomic E-state index is 4.63. The molecule has 1 fully saturated rings. The second-order valence-electron chi connectivity index (χ2n) is 5.67. The number of imidazole rings is 1. The number of hydrogen-bond acceptors (Lipinski definition) is 2. The SMILES string of the molecule is CC1(NCc2cn3ccccc3n2)CCCCC1. The molecule has 3 nitrogen and oxygen atoms in total. The normalized spacial score (nSPS) is 19.2. The van der Waals surface area contributed by atoms with Crippen molar-refractivity contribution in [3.05, 3.63) is 36.3 Å². The van der Waals surface area contributed by atoms with Crippen molar-refractivity contribution in [3.8, 4) is 0 Å². The molecule has 18 heavy (non-hydrogen) atoms. The van der Waals surface area contributed by atoms with Gasteiger partial charge in [-0.3, -0.25) is 0 Å². The van der Waals surface area contributed by atoms with E-state index >= 15 is 0 Å². The van der Waals surface area contributed by atoms with Gasteiger partial charge in [0.1, 0.15) is 5.65 Å². The van der Waals surface area contributed by atoms with Crippen molar-refractivity contribution in [2.75, 3.05) is 0 Å². The first kappa shape index (κ1) is 11.7. The van der Waals surface area contributed by atoms with E-state index in [0.717, 1.165) is 17.9 Å². The molecule has 0 amide bonds. The molecule has 0 bridgehead atoms. The third kappa shape index (κ3) is 2.41. The zero-order chi connectivity index (χ0) is 12.4. The fraction of sp³-hybridized carbons (Fsp3) is 0.533. The van der Waals surface area contributed by atoms with Gasteiger partial charge in [0.05, 0.1) is 5.69 Å². The number of nitrogens with one attached hydrogen (secondary N) is 1. The van der Waals surface area contributed by atoms with Gasteiger partial charge in [0.25, 0.3) is 0 Å². The minimum absolute atomic E-state index is 0.314. The van der Waals surface area contributed by atoms with Gasteiger partial charge < -0.3 is 9.72 Å². The van der Waals surface area contributed by atoms with Crippen molar-refractivity contribution in [2.24, 2.45) is 0 Å². The van der Waals surface area contributed by atoms with Crippen LogP contribution < -0.4 is 5.32 Å². The van der Waals surface area contributed by atoms with Gasteiger partial charge in [0.2, 0.25) is 0 Å². The highest BCUT2D eigenvalue weighted by atomic mass is 15.0. The van der Waals surface area contributed by atoms with Crippen LogP contribution in [0.5, 0.6) is 0 Å². The van der Waals surface area contributed by atoms with Gasteiger partial charge in [0.15, 0.2) is 0 Å². The van der Waals surface area contributed by atoms with Crippen molar-refractivity contribution in [2.45, 2.75) is 51.1 Å². The summed E-state index contributed by atoms with van der Waals surface area (Å²) in [5.41, 5.74) is 2.48. The van der Waals surface area contributed by atoms with Gasteiger partial charge in [-0.1, -0.05) is 25.3 Å². The number of nitrogens with zero attached hydrogens (tertiary/aromatic N) is 2. The molecule has 2 aromatic rings. The Bertz CT molecular complexity index is 490. The number of hydrogen-bond donors (Lipinski definition) is 1. The summed E-state index contributed by atoms with van der Waals surface area (Å²) in [7, 11) is 0. The van der Waals surface area contributed by atoms with Crippen LogP contribution >= 0.6 is 0 Å². The van der Waals surface area contributed by atoms with Crippen molar-refractivity contribution >= 4 is 5.65 Å². The molecule has 1 aliphatic carbocycles. The van der Waals surface area contributed by atoms with Crippen LogP contribution in [0, 0.1) is 0 Å². The van der Waals surface area contributed by atoms with Gasteiger partial charge in [-0.2, -0.15) is 0 Å². The van der Waals surface area contributed by atoms with Crippen LogP contribution in [0.4, 0.5) is 0 Å². The second kappa shape index (κ2) is 4.73. The Kier molecular flexibility index (Phi) is 3.08. The Morgan fingerprint density at radius 2 is 2.11 bits per heavy atom. The van der Waals surface area contributed by atoms with Crippen LogP contribution in [0.1, 0.15) is 44.7 Å². The molecular formula is C15H21N3. The van der Waals surface area contributed by atoms with E-state index < -0.39 is 0 Å². The maximum Gasteiger partial charge on any atom is 0.137 e. The second-order valence-corrected chi connectivity index (χ2v) is 5.67. The smallest absolute Gasteiger partial charge is 0.137 e. The molecule has 2 aromatic heterocycles. The summed E-state index contributed by atoms with van der Waals surface area (Å²) in [5.74, 6) is 0. The zero-order valence-corrected chi connectivity index (χ0v) is 11.0. The molecule has 0 radical (unpaired) electrons. The highest BCUT2D eigenvalue weighted by molar-refractivity contribution is 5.39. The van der Waals surface area contributed by atoms with Gasteiger partial charge >= 0.3 is 0 Å². The van der Waals surface area contributed by atoms with E-state index in [-0.39, 0.29) is 0 Å². The van der Waals surface area contributed by atoms with Gasteiger partial charge in [-0.05, 0) is 31.9 Å². The lowest BCUT2D eigenvalue weighted by Crippen LogP contribution is -2.43. The standard InChI is InChI=1S/C15H21N3/c1-15(8-4-2-5-9-15)16-11-13-12-18-10-6-3-7-14(18)17-13/h3,6-7,10,12,16H,2,4-5,8-9,11H2,1H3. The van der Waals surface area contributed by atoms with Crippen LogP contribution in [-0.4, -0.2) is 14.9 Å². The topological polar surface area (TPSA) is 29.3 Å².